The van der Waals surface area contributed by atoms with Crippen molar-refractivity contribution in [2.75, 3.05) is 0 Å². The number of rotatable bonds is 6. The highest BCUT2D eigenvalue weighted by molar-refractivity contribution is 7.26. The van der Waals surface area contributed by atoms with Gasteiger partial charge in [-0.2, -0.15) is 0 Å². The first kappa shape index (κ1) is 69.9. The lowest BCUT2D eigenvalue weighted by molar-refractivity contribution is 0.669. The Kier molecular flexibility index (Phi) is 16.1. The van der Waals surface area contributed by atoms with Crippen LogP contribution in [-0.4, -0.2) is 29.9 Å². The van der Waals surface area contributed by atoms with E-state index in [2.05, 4.69) is 334 Å². The number of nitrogens with zero attached hydrogens (tertiary/aromatic N) is 6. The van der Waals surface area contributed by atoms with Gasteiger partial charge >= 0.3 is 0 Å². The van der Waals surface area contributed by atoms with Crippen LogP contribution in [0.15, 0.2) is 410 Å². The molecular weight excluding hydrogens is 1520 g/mol. The number of fused-ring (bicyclic) bond motifs is 30. The van der Waals surface area contributed by atoms with Gasteiger partial charge in [0.05, 0.1) is 50.2 Å². The van der Waals surface area contributed by atoms with Crippen molar-refractivity contribution < 1.29 is 8.83 Å². The second-order valence-corrected chi connectivity index (χ2v) is 32.7. The molecule has 123 heavy (non-hydrogen) atoms. The first-order valence-electron chi connectivity index (χ1n) is 41.5. The van der Waals surface area contributed by atoms with E-state index in [0.29, 0.717) is 0 Å². The number of pyridine rings is 6. The molecule has 27 rings (SSSR count). The minimum Gasteiger partial charge on any atom is -0.456 e. The maximum atomic E-state index is 6.32. The molecule has 18 aromatic carbocycles. The number of hydrogen-bond acceptors (Lipinski definition) is 9. The third-order valence-corrected chi connectivity index (χ3v) is 26.1. The van der Waals surface area contributed by atoms with E-state index in [1.807, 2.05) is 78.5 Å². The highest BCUT2D eigenvalue weighted by Gasteiger charge is 2.23. The van der Waals surface area contributed by atoms with Crippen LogP contribution in [-0.2, 0) is 0 Å². The zero-order valence-corrected chi connectivity index (χ0v) is 66.8. The summed E-state index contributed by atoms with van der Waals surface area (Å²) in [4.78, 5) is 30.1. The van der Waals surface area contributed by atoms with E-state index in [9.17, 15) is 0 Å². The molecule has 0 saturated carbocycles. The van der Waals surface area contributed by atoms with Crippen LogP contribution < -0.4 is 0 Å². The van der Waals surface area contributed by atoms with Gasteiger partial charge in [0, 0.05) is 163 Å². The van der Waals surface area contributed by atoms with Crippen LogP contribution in [0.4, 0.5) is 0 Å². The summed E-state index contributed by atoms with van der Waals surface area (Å²) in [5.74, 6) is 0. The molecule has 9 heteroatoms. The van der Waals surface area contributed by atoms with Crippen molar-refractivity contribution in [2.45, 2.75) is 0 Å². The van der Waals surface area contributed by atoms with E-state index in [1.54, 1.807) is 0 Å². The Bertz CT molecular complexity index is 8730. The summed E-state index contributed by atoms with van der Waals surface area (Å²) in [5, 5.41) is 28.2. The van der Waals surface area contributed by atoms with E-state index in [4.69, 9.17) is 38.7 Å². The lowest BCUT2D eigenvalue weighted by Gasteiger charge is -2.14. The summed E-state index contributed by atoms with van der Waals surface area (Å²) in [7, 11) is 0. The lowest BCUT2D eigenvalue weighted by Crippen LogP contribution is -1.92. The van der Waals surface area contributed by atoms with Gasteiger partial charge in [-0.15, -0.1) is 11.3 Å². The molecule has 0 unspecified atom stereocenters. The largest absolute Gasteiger partial charge is 0.456 e. The van der Waals surface area contributed by atoms with Crippen molar-refractivity contribution in [1.82, 2.24) is 29.9 Å². The topological polar surface area (TPSA) is 104 Å². The Morgan fingerprint density at radius 3 is 1.04 bits per heavy atom. The molecule has 0 amide bonds. The summed E-state index contributed by atoms with van der Waals surface area (Å²) in [6.45, 7) is 0. The molecule has 570 valence electrons. The molecule has 9 heterocycles. The maximum absolute atomic E-state index is 6.32. The monoisotopic (exact) mass is 1580 g/mol. The van der Waals surface area contributed by atoms with Crippen molar-refractivity contribution in [3.63, 3.8) is 0 Å². The number of thiophene rings is 1. The molecule has 0 aliphatic carbocycles. The van der Waals surface area contributed by atoms with E-state index in [0.717, 1.165) is 176 Å². The van der Waals surface area contributed by atoms with E-state index >= 15 is 0 Å². The van der Waals surface area contributed by atoms with Gasteiger partial charge < -0.3 is 8.83 Å². The molecule has 27 aromatic rings. The highest BCUT2D eigenvalue weighted by atomic mass is 32.1. The van der Waals surface area contributed by atoms with Crippen molar-refractivity contribution in [2.24, 2.45) is 0 Å². The fourth-order valence-electron chi connectivity index (χ4n) is 19.2. The highest BCUT2D eigenvalue weighted by Crippen LogP contribution is 2.48. The van der Waals surface area contributed by atoms with Crippen molar-refractivity contribution in [1.29, 1.82) is 0 Å². The summed E-state index contributed by atoms with van der Waals surface area (Å²) >= 11 is 1.87. The predicted molar refractivity (Wildman–Crippen MR) is 516 cm³/mol. The van der Waals surface area contributed by atoms with Gasteiger partial charge in [-0.1, -0.05) is 322 Å². The summed E-state index contributed by atoms with van der Waals surface area (Å²) < 4.78 is 15.1. The fraction of sp³-hybridized carbons (Fsp3) is 0. The van der Waals surface area contributed by atoms with Gasteiger partial charge in [0.25, 0.3) is 0 Å². The molecule has 8 nitrogen and oxygen atoms in total. The van der Waals surface area contributed by atoms with Crippen LogP contribution >= 0.6 is 11.3 Å². The van der Waals surface area contributed by atoms with E-state index in [-0.39, 0.29) is 0 Å². The third kappa shape index (κ3) is 11.4. The molecule has 0 saturated heterocycles. The van der Waals surface area contributed by atoms with Crippen LogP contribution in [0.25, 0.3) is 261 Å². The summed E-state index contributed by atoms with van der Waals surface area (Å²) in [6.07, 6.45) is 5.65. The van der Waals surface area contributed by atoms with Gasteiger partial charge in [-0.3, -0.25) is 15.0 Å². The number of para-hydroxylation sites is 6. The zero-order valence-electron chi connectivity index (χ0n) is 66.0. The predicted octanol–water partition coefficient (Wildman–Crippen LogP) is 31.4. The Hall–Kier alpha value is -16.2. The normalized spacial score (nSPS) is 11.9. The van der Waals surface area contributed by atoms with Gasteiger partial charge in [-0.05, 0) is 105 Å². The fourth-order valence-corrected chi connectivity index (χ4v) is 20.5. The third-order valence-electron chi connectivity index (χ3n) is 24.9. The quantitative estimate of drug-likeness (QED) is 0.152. The molecule has 0 radical (unpaired) electrons. The van der Waals surface area contributed by atoms with Crippen LogP contribution in [0, 0.1) is 0 Å². The summed E-state index contributed by atoms with van der Waals surface area (Å²) in [6, 6.07) is 135. The molecule has 0 spiro atoms. The maximum Gasteiger partial charge on any atom is 0.143 e. The molecule has 0 fully saturated rings. The van der Waals surface area contributed by atoms with Gasteiger partial charge in [0.1, 0.15) is 22.3 Å². The van der Waals surface area contributed by atoms with Crippen LogP contribution in [0.1, 0.15) is 0 Å². The lowest BCUT2D eigenvalue weighted by atomic mass is 9.93. The van der Waals surface area contributed by atoms with Crippen molar-refractivity contribution in [3.05, 3.63) is 401 Å². The Morgan fingerprint density at radius 2 is 0.545 bits per heavy atom. The molecule has 0 aliphatic rings. The molecule has 0 atom stereocenters. The Morgan fingerprint density at radius 1 is 0.195 bits per heavy atom. The molecule has 0 aliphatic heterocycles. The smallest absolute Gasteiger partial charge is 0.143 e. The van der Waals surface area contributed by atoms with Crippen LogP contribution in [0.5, 0.6) is 0 Å². The van der Waals surface area contributed by atoms with Crippen molar-refractivity contribution in [3.8, 4) is 67.2 Å². The first-order valence-corrected chi connectivity index (χ1v) is 42.3. The molecular formula is C114H66N6O2S. The van der Waals surface area contributed by atoms with Gasteiger partial charge in [0.15, 0.2) is 0 Å². The minimum atomic E-state index is 0.905. The van der Waals surface area contributed by atoms with E-state index < -0.39 is 0 Å². The SMILES string of the molecule is c1cnc2c(c1)ccc1ccc3c(-c4ccc(-c5cccc6c5oc5ccccc56)cc4)nc4ccccc4c3c12.c1cnc2c(c1)ccc1ccc3c(-c4ccc(-c5cccc6c5sc5ccccc56)cc4)nc4ccccc4c3c12.c1cnc2c(c1)ccc1ccc3c(-c4ccc(-c5cccc6oc7ccccc7c56)cc4)nc4ccccc4c3c12. The van der Waals surface area contributed by atoms with Crippen LogP contribution in [0.3, 0.4) is 0 Å². The molecule has 0 N–H and O–H groups in total. The minimum absolute atomic E-state index is 0.905. The summed E-state index contributed by atoms with van der Waals surface area (Å²) in [5.41, 5.74) is 22.9. The number of benzene rings is 18. The number of hydrogen-bond donors (Lipinski definition) is 0. The Balaban J connectivity index is 0.000000101. The second kappa shape index (κ2) is 28.3. The molecule has 0 bridgehead atoms. The zero-order chi connectivity index (χ0) is 80.7. The van der Waals surface area contributed by atoms with Crippen LogP contribution in [0.2, 0.25) is 0 Å². The van der Waals surface area contributed by atoms with Crippen molar-refractivity contribution >= 4 is 205 Å². The number of aromatic nitrogens is 6. The molecule has 9 aromatic heterocycles. The second-order valence-electron chi connectivity index (χ2n) is 31.7. The Labute approximate surface area is 707 Å². The van der Waals surface area contributed by atoms with Gasteiger partial charge in [-0.25, -0.2) is 15.0 Å². The average molecular weight is 1580 g/mol. The standard InChI is InChI=1S/2C38H22N2O.C38H22N2S/c1-3-12-32-30(9-1)35-31(21-20-24-16-19-25-7-6-22-39-37(25)34(24)35)36(40-32)26-17-14-23(15-18-26)27-10-5-11-29-28-8-2-4-13-33(28)41-38(27)29;1-3-11-31-28(8-1)36-30(21-20-24-16-19-25-7-6-22-39-38(25)34(24)36)37(40-31)26-17-14-23(15-18-26)27-10-5-13-33-35(27)29-9-2-4-12-32(29)41-33;1-3-12-32-30(9-1)35-31(21-20-24-16-19-25-7-6-22-39-37(25)34(24)35)36(40-32)26-17-14-23(15-18-26)27-10-5-11-29-28-8-2-4-13-33(28)41-38(27)29/h3*1-22H. The van der Waals surface area contributed by atoms with Gasteiger partial charge in [0.2, 0.25) is 0 Å². The first-order chi connectivity index (χ1) is 61.0. The number of furan rings is 2. The average Bonchev–Trinajstić information content (AvgIpc) is 1.70. The van der Waals surface area contributed by atoms with E-state index in [1.165, 1.54) is 85.3 Å².